The number of para-hydroxylation sites is 1. The van der Waals surface area contributed by atoms with Crippen LogP contribution < -0.4 is 4.31 Å². The van der Waals surface area contributed by atoms with Crippen LogP contribution in [-0.4, -0.2) is 31.8 Å². The minimum atomic E-state index is -4.75. The van der Waals surface area contributed by atoms with E-state index in [-0.39, 0.29) is 18.7 Å². The van der Waals surface area contributed by atoms with Crippen LogP contribution in [0.1, 0.15) is 17.9 Å². The zero-order chi connectivity index (χ0) is 14.2. The molecule has 1 heterocycles. The Kier molecular flexibility index (Phi) is 3.44. The quantitative estimate of drug-likeness (QED) is 0.914. The Bertz CT molecular complexity index is 602. The monoisotopic (exact) mass is 291 g/mol. The highest BCUT2D eigenvalue weighted by molar-refractivity contribution is 7.93. The average Bonchev–Trinajstić information content (AvgIpc) is 2.68. The number of carboxylic acid groups (broad SMARTS) is 1. The second-order valence-corrected chi connectivity index (χ2v) is 6.02. The van der Waals surface area contributed by atoms with E-state index in [0.29, 0.717) is 9.87 Å². The number of nitrogens with zero attached hydrogens (tertiary/aromatic N) is 1. The fraction of sp³-hybridized carbons (Fsp3) is 0.364. The van der Waals surface area contributed by atoms with Crippen LogP contribution in [0.3, 0.4) is 0 Å². The van der Waals surface area contributed by atoms with E-state index in [1.807, 2.05) is 0 Å². The number of hydrogen-bond acceptors (Lipinski definition) is 3. The minimum Gasteiger partial charge on any atom is -0.481 e. The molecule has 1 unspecified atom stereocenters. The van der Waals surface area contributed by atoms with E-state index in [0.717, 1.165) is 0 Å². The molecule has 0 bridgehead atoms. The SMILES string of the molecule is O=C(O)CC1CN(S(=O)(=O)C(F)F)c2ccccc21. The molecular weight excluding hydrogens is 280 g/mol. The Morgan fingerprint density at radius 2 is 2.05 bits per heavy atom. The van der Waals surface area contributed by atoms with Crippen LogP contribution in [0.15, 0.2) is 24.3 Å². The van der Waals surface area contributed by atoms with Crippen LogP contribution in [0, 0.1) is 0 Å². The van der Waals surface area contributed by atoms with Crippen molar-refractivity contribution < 1.29 is 27.1 Å². The molecule has 0 radical (unpaired) electrons. The fourth-order valence-electron chi connectivity index (χ4n) is 2.18. The van der Waals surface area contributed by atoms with Crippen LogP contribution in [0.2, 0.25) is 0 Å². The van der Waals surface area contributed by atoms with E-state index in [1.54, 1.807) is 12.1 Å². The second-order valence-electron chi connectivity index (χ2n) is 4.19. The van der Waals surface area contributed by atoms with Gasteiger partial charge in [-0.05, 0) is 11.6 Å². The maximum Gasteiger partial charge on any atom is 0.355 e. The molecule has 0 amide bonds. The molecule has 0 aliphatic carbocycles. The highest BCUT2D eigenvalue weighted by Gasteiger charge is 2.40. The van der Waals surface area contributed by atoms with Gasteiger partial charge in [-0.3, -0.25) is 9.10 Å². The van der Waals surface area contributed by atoms with Crippen molar-refractivity contribution in [1.82, 2.24) is 0 Å². The molecule has 0 saturated carbocycles. The smallest absolute Gasteiger partial charge is 0.355 e. The summed E-state index contributed by atoms with van der Waals surface area (Å²) in [6.45, 7) is -0.266. The maximum atomic E-state index is 12.6. The first-order valence-corrected chi connectivity index (χ1v) is 6.94. The van der Waals surface area contributed by atoms with Crippen molar-refractivity contribution in [3.05, 3.63) is 29.8 Å². The van der Waals surface area contributed by atoms with Crippen molar-refractivity contribution in [2.45, 2.75) is 18.1 Å². The van der Waals surface area contributed by atoms with Gasteiger partial charge in [-0.2, -0.15) is 8.78 Å². The third-order valence-electron chi connectivity index (χ3n) is 2.98. The van der Waals surface area contributed by atoms with Gasteiger partial charge in [-0.25, -0.2) is 8.42 Å². The third-order valence-corrected chi connectivity index (χ3v) is 4.40. The predicted molar refractivity (Wildman–Crippen MR) is 63.7 cm³/mol. The van der Waals surface area contributed by atoms with Crippen molar-refractivity contribution in [3.63, 3.8) is 0 Å². The number of halogens is 2. The summed E-state index contributed by atoms with van der Waals surface area (Å²) < 4.78 is 48.9. The molecule has 0 aromatic heterocycles. The maximum absolute atomic E-state index is 12.6. The van der Waals surface area contributed by atoms with E-state index < -0.39 is 27.7 Å². The topological polar surface area (TPSA) is 74.7 Å². The molecule has 1 aliphatic rings. The Hall–Kier alpha value is -1.70. The lowest BCUT2D eigenvalue weighted by atomic mass is 9.98. The van der Waals surface area contributed by atoms with E-state index in [2.05, 4.69) is 0 Å². The van der Waals surface area contributed by atoms with Crippen molar-refractivity contribution >= 4 is 21.7 Å². The van der Waals surface area contributed by atoms with Crippen LogP contribution in [0.4, 0.5) is 14.5 Å². The number of rotatable bonds is 4. The molecule has 1 N–H and O–H groups in total. The molecule has 0 saturated heterocycles. The third kappa shape index (κ3) is 2.40. The lowest BCUT2D eigenvalue weighted by Gasteiger charge is -2.18. The number of fused-ring (bicyclic) bond motifs is 1. The van der Waals surface area contributed by atoms with Gasteiger partial charge < -0.3 is 5.11 Å². The molecule has 8 heteroatoms. The van der Waals surface area contributed by atoms with Gasteiger partial charge in [0.15, 0.2) is 0 Å². The van der Waals surface area contributed by atoms with Crippen molar-refractivity contribution in [2.75, 3.05) is 10.8 Å². The Morgan fingerprint density at radius 1 is 1.42 bits per heavy atom. The van der Waals surface area contributed by atoms with Crippen molar-refractivity contribution in [2.24, 2.45) is 0 Å². The standard InChI is InChI=1S/C11H11F2NO4S/c12-11(13)19(17,18)14-6-7(5-10(15)16)8-3-1-2-4-9(8)14/h1-4,7,11H,5-6H2,(H,15,16). The summed E-state index contributed by atoms with van der Waals surface area (Å²) in [6.07, 6.45) is -0.299. The first-order valence-electron chi connectivity index (χ1n) is 5.44. The van der Waals surface area contributed by atoms with Crippen LogP contribution in [0.5, 0.6) is 0 Å². The zero-order valence-corrected chi connectivity index (χ0v) is 10.5. The van der Waals surface area contributed by atoms with Crippen molar-refractivity contribution in [3.8, 4) is 0 Å². The molecule has 1 aromatic carbocycles. The van der Waals surface area contributed by atoms with E-state index in [1.165, 1.54) is 12.1 Å². The van der Waals surface area contributed by atoms with Gasteiger partial charge in [0.05, 0.1) is 12.1 Å². The molecule has 2 rings (SSSR count). The molecule has 1 aromatic rings. The van der Waals surface area contributed by atoms with Gasteiger partial charge in [0.1, 0.15) is 0 Å². The lowest BCUT2D eigenvalue weighted by molar-refractivity contribution is -0.137. The number of anilines is 1. The molecule has 0 fully saturated rings. The number of hydrogen-bond donors (Lipinski definition) is 1. The Morgan fingerprint density at radius 3 is 2.63 bits per heavy atom. The first-order chi connectivity index (χ1) is 8.84. The number of aliphatic carboxylic acids is 1. The summed E-state index contributed by atoms with van der Waals surface area (Å²) in [5.41, 5.74) is 0.600. The molecule has 0 spiro atoms. The summed E-state index contributed by atoms with van der Waals surface area (Å²) in [5.74, 6) is -5.23. The van der Waals surface area contributed by atoms with Gasteiger partial charge in [-0.1, -0.05) is 18.2 Å². The van der Waals surface area contributed by atoms with Gasteiger partial charge in [0.25, 0.3) is 10.0 Å². The summed E-state index contributed by atoms with van der Waals surface area (Å²) in [5, 5.41) is 8.78. The van der Waals surface area contributed by atoms with Gasteiger partial charge >= 0.3 is 11.7 Å². The van der Waals surface area contributed by atoms with Gasteiger partial charge in [-0.15, -0.1) is 0 Å². The summed E-state index contributed by atoms with van der Waals surface area (Å²) in [6, 6.07) is 6.10. The number of alkyl halides is 2. The summed E-state index contributed by atoms with van der Waals surface area (Å²) in [4.78, 5) is 10.7. The van der Waals surface area contributed by atoms with E-state index >= 15 is 0 Å². The van der Waals surface area contributed by atoms with Crippen LogP contribution in [-0.2, 0) is 14.8 Å². The zero-order valence-electron chi connectivity index (χ0n) is 9.66. The summed E-state index contributed by atoms with van der Waals surface area (Å²) >= 11 is 0. The van der Waals surface area contributed by atoms with E-state index in [9.17, 15) is 22.0 Å². The Labute approximate surface area is 108 Å². The normalized spacial score (nSPS) is 18.7. The van der Waals surface area contributed by atoms with Crippen LogP contribution in [0.25, 0.3) is 0 Å². The van der Waals surface area contributed by atoms with Crippen LogP contribution >= 0.6 is 0 Å². The lowest BCUT2D eigenvalue weighted by Crippen LogP contribution is -2.34. The Balaban J connectivity index is 2.44. The molecule has 1 aliphatic heterocycles. The number of sulfonamides is 1. The largest absolute Gasteiger partial charge is 0.481 e. The minimum absolute atomic E-state index is 0.133. The number of carbonyl (C=O) groups is 1. The first kappa shape index (κ1) is 13.7. The van der Waals surface area contributed by atoms with Crippen molar-refractivity contribution in [1.29, 1.82) is 0 Å². The highest BCUT2D eigenvalue weighted by atomic mass is 32.2. The van der Waals surface area contributed by atoms with Gasteiger partial charge in [0.2, 0.25) is 0 Å². The fourth-order valence-corrected chi connectivity index (χ4v) is 3.20. The molecule has 19 heavy (non-hydrogen) atoms. The number of benzene rings is 1. The molecule has 104 valence electrons. The van der Waals surface area contributed by atoms with Gasteiger partial charge in [0, 0.05) is 12.5 Å². The van der Waals surface area contributed by atoms with E-state index in [4.69, 9.17) is 5.11 Å². The molecule has 1 atom stereocenters. The summed E-state index contributed by atoms with van der Waals surface area (Å²) in [7, 11) is -4.75. The second kappa shape index (κ2) is 4.76. The molecule has 5 nitrogen and oxygen atoms in total. The highest BCUT2D eigenvalue weighted by Crippen LogP contribution is 2.40. The average molecular weight is 291 g/mol. The number of carboxylic acids is 1. The predicted octanol–water partition coefficient (Wildman–Crippen LogP) is 1.62. The molecular formula is C11H11F2NO4S.